The third kappa shape index (κ3) is 3.01. The van der Waals surface area contributed by atoms with Gasteiger partial charge in [0.2, 0.25) is 0 Å². The second kappa shape index (κ2) is 5.96. The molecule has 2 aromatic rings. The fourth-order valence-electron chi connectivity index (χ4n) is 1.66. The van der Waals surface area contributed by atoms with E-state index >= 15 is 0 Å². The van der Waals surface area contributed by atoms with E-state index < -0.39 is 5.92 Å². The standard InChI is InChI=1S/C14H8BrClN2O/c15-12-2-1-10(7-13(12)16)14(19)11(8-17)9-3-5-18-6-4-9/h1-7,11H. The van der Waals surface area contributed by atoms with Gasteiger partial charge < -0.3 is 0 Å². The highest BCUT2D eigenvalue weighted by atomic mass is 79.9. The molecule has 0 aliphatic heterocycles. The highest BCUT2D eigenvalue weighted by Crippen LogP contribution is 2.26. The summed E-state index contributed by atoms with van der Waals surface area (Å²) in [7, 11) is 0. The van der Waals surface area contributed by atoms with Crippen LogP contribution in [-0.4, -0.2) is 10.8 Å². The first-order chi connectivity index (χ1) is 9.13. The molecular weight excluding hydrogens is 328 g/mol. The minimum atomic E-state index is -0.847. The van der Waals surface area contributed by atoms with Crippen LogP contribution in [0.15, 0.2) is 47.2 Å². The van der Waals surface area contributed by atoms with Gasteiger partial charge in [-0.3, -0.25) is 9.78 Å². The van der Waals surface area contributed by atoms with Crippen LogP contribution in [0.4, 0.5) is 0 Å². The van der Waals surface area contributed by atoms with Gasteiger partial charge in [-0.15, -0.1) is 0 Å². The number of hydrogen-bond acceptors (Lipinski definition) is 3. The summed E-state index contributed by atoms with van der Waals surface area (Å²) in [6.07, 6.45) is 3.11. The molecule has 0 N–H and O–H groups in total. The number of aromatic nitrogens is 1. The second-order valence-corrected chi connectivity index (χ2v) is 5.10. The van der Waals surface area contributed by atoms with E-state index in [4.69, 9.17) is 11.6 Å². The summed E-state index contributed by atoms with van der Waals surface area (Å²) in [5.41, 5.74) is 1.04. The average molecular weight is 336 g/mol. The third-order valence-electron chi connectivity index (χ3n) is 2.63. The van der Waals surface area contributed by atoms with Crippen LogP contribution in [0.3, 0.4) is 0 Å². The van der Waals surface area contributed by atoms with E-state index in [1.165, 1.54) is 0 Å². The molecule has 0 amide bonds. The molecule has 1 aromatic carbocycles. The van der Waals surface area contributed by atoms with Gasteiger partial charge in [0.25, 0.3) is 0 Å². The zero-order valence-electron chi connectivity index (χ0n) is 9.68. The molecule has 5 heteroatoms. The van der Waals surface area contributed by atoms with Gasteiger partial charge in [-0.2, -0.15) is 5.26 Å². The first-order valence-corrected chi connectivity index (χ1v) is 6.59. The molecule has 1 aromatic heterocycles. The van der Waals surface area contributed by atoms with Crippen LogP contribution in [0.25, 0.3) is 0 Å². The lowest BCUT2D eigenvalue weighted by atomic mass is 9.92. The van der Waals surface area contributed by atoms with Crippen LogP contribution < -0.4 is 0 Å². The Morgan fingerprint density at radius 3 is 2.58 bits per heavy atom. The van der Waals surface area contributed by atoms with E-state index in [-0.39, 0.29) is 5.78 Å². The van der Waals surface area contributed by atoms with Gasteiger partial charge >= 0.3 is 0 Å². The number of benzene rings is 1. The topological polar surface area (TPSA) is 53.8 Å². The molecule has 0 radical (unpaired) electrons. The van der Waals surface area contributed by atoms with Crippen LogP contribution >= 0.6 is 27.5 Å². The zero-order valence-corrected chi connectivity index (χ0v) is 12.0. The lowest BCUT2D eigenvalue weighted by molar-refractivity contribution is 0.0979. The fraction of sp³-hybridized carbons (Fsp3) is 0.0714. The number of carbonyl (C=O) groups is 1. The summed E-state index contributed by atoms with van der Waals surface area (Å²) in [6.45, 7) is 0. The summed E-state index contributed by atoms with van der Waals surface area (Å²) in [4.78, 5) is 16.2. The molecule has 19 heavy (non-hydrogen) atoms. The Kier molecular flexibility index (Phi) is 4.31. The molecule has 1 heterocycles. The maximum atomic E-state index is 12.3. The third-order valence-corrected chi connectivity index (χ3v) is 3.87. The highest BCUT2D eigenvalue weighted by Gasteiger charge is 2.22. The number of nitrogens with zero attached hydrogens (tertiary/aromatic N) is 2. The zero-order chi connectivity index (χ0) is 13.8. The molecule has 0 spiro atoms. The van der Waals surface area contributed by atoms with Gasteiger partial charge in [-0.05, 0) is 45.8 Å². The average Bonchev–Trinajstić information content (AvgIpc) is 2.44. The van der Waals surface area contributed by atoms with Crippen LogP contribution in [0.1, 0.15) is 21.8 Å². The predicted octanol–water partition coefficient (Wildman–Crippen LogP) is 3.99. The van der Waals surface area contributed by atoms with Crippen molar-refractivity contribution >= 4 is 33.3 Å². The molecule has 0 fully saturated rings. The lowest BCUT2D eigenvalue weighted by Gasteiger charge is -2.09. The Hall–Kier alpha value is -1.70. The number of hydrogen-bond donors (Lipinski definition) is 0. The molecule has 0 saturated heterocycles. The first kappa shape index (κ1) is 13.7. The van der Waals surface area contributed by atoms with Crippen molar-refractivity contribution in [2.24, 2.45) is 0 Å². The summed E-state index contributed by atoms with van der Waals surface area (Å²) in [6, 6.07) is 10.2. The van der Waals surface area contributed by atoms with Crippen LogP contribution in [0, 0.1) is 11.3 Å². The van der Waals surface area contributed by atoms with Crippen molar-refractivity contribution in [3.05, 3.63) is 63.3 Å². The second-order valence-electron chi connectivity index (χ2n) is 3.84. The van der Waals surface area contributed by atoms with Crippen LogP contribution in [-0.2, 0) is 0 Å². The molecule has 0 aliphatic rings. The van der Waals surface area contributed by atoms with Crippen molar-refractivity contribution in [2.75, 3.05) is 0 Å². The lowest BCUT2D eigenvalue weighted by Crippen LogP contribution is -2.11. The summed E-state index contributed by atoms with van der Waals surface area (Å²) in [5, 5.41) is 9.64. The van der Waals surface area contributed by atoms with Gasteiger partial charge in [-0.1, -0.05) is 17.7 Å². The van der Waals surface area contributed by atoms with E-state index in [0.29, 0.717) is 20.6 Å². The maximum absolute atomic E-state index is 12.3. The van der Waals surface area contributed by atoms with Crippen molar-refractivity contribution in [3.63, 3.8) is 0 Å². The van der Waals surface area contributed by atoms with Crippen molar-refractivity contribution < 1.29 is 4.79 Å². The largest absolute Gasteiger partial charge is 0.292 e. The summed E-state index contributed by atoms with van der Waals surface area (Å²) in [5.74, 6) is -1.12. The minimum Gasteiger partial charge on any atom is -0.292 e. The highest BCUT2D eigenvalue weighted by molar-refractivity contribution is 9.10. The normalized spacial score (nSPS) is 11.6. The molecule has 0 saturated carbocycles. The molecule has 3 nitrogen and oxygen atoms in total. The molecule has 1 unspecified atom stereocenters. The first-order valence-electron chi connectivity index (χ1n) is 5.42. The SMILES string of the molecule is N#CC(C(=O)c1ccc(Br)c(Cl)c1)c1ccncc1. The summed E-state index contributed by atoms with van der Waals surface area (Å²) < 4.78 is 0.711. The Balaban J connectivity index is 2.37. The van der Waals surface area contributed by atoms with Gasteiger partial charge in [0, 0.05) is 22.4 Å². The Bertz CT molecular complexity index is 652. The van der Waals surface area contributed by atoms with E-state index in [2.05, 4.69) is 20.9 Å². The van der Waals surface area contributed by atoms with E-state index in [0.717, 1.165) is 0 Å². The van der Waals surface area contributed by atoms with E-state index in [1.807, 2.05) is 6.07 Å². The Morgan fingerprint density at radius 1 is 1.32 bits per heavy atom. The number of nitriles is 1. The quantitative estimate of drug-likeness (QED) is 0.797. The molecule has 0 bridgehead atoms. The molecule has 94 valence electrons. The number of pyridine rings is 1. The number of carbonyl (C=O) groups excluding carboxylic acids is 1. The smallest absolute Gasteiger partial charge is 0.184 e. The summed E-state index contributed by atoms with van der Waals surface area (Å²) >= 11 is 9.22. The van der Waals surface area contributed by atoms with Gasteiger partial charge in [0.15, 0.2) is 5.78 Å². The number of rotatable bonds is 3. The maximum Gasteiger partial charge on any atom is 0.184 e. The monoisotopic (exact) mass is 334 g/mol. The van der Waals surface area contributed by atoms with E-state index in [9.17, 15) is 10.1 Å². The van der Waals surface area contributed by atoms with E-state index in [1.54, 1.807) is 42.7 Å². The van der Waals surface area contributed by atoms with Gasteiger partial charge in [-0.25, -0.2) is 0 Å². The van der Waals surface area contributed by atoms with Gasteiger partial charge in [0.1, 0.15) is 5.92 Å². The predicted molar refractivity (Wildman–Crippen MR) is 76.1 cm³/mol. The molecule has 2 rings (SSSR count). The molecule has 1 atom stereocenters. The molecule has 0 aliphatic carbocycles. The van der Waals surface area contributed by atoms with Crippen molar-refractivity contribution in [2.45, 2.75) is 5.92 Å². The van der Waals surface area contributed by atoms with Crippen molar-refractivity contribution in [1.82, 2.24) is 4.98 Å². The fourth-order valence-corrected chi connectivity index (χ4v) is 2.08. The van der Waals surface area contributed by atoms with Crippen molar-refractivity contribution in [1.29, 1.82) is 5.26 Å². The minimum absolute atomic E-state index is 0.275. The number of ketones is 1. The van der Waals surface area contributed by atoms with Crippen LogP contribution in [0.5, 0.6) is 0 Å². The van der Waals surface area contributed by atoms with Crippen LogP contribution in [0.2, 0.25) is 5.02 Å². The molecular formula is C14H8BrClN2O. The number of halogens is 2. The number of Topliss-reactive ketones (excluding diaryl/α,β-unsaturated/α-hetero) is 1. The Labute approximate surface area is 124 Å². The van der Waals surface area contributed by atoms with Gasteiger partial charge in [0.05, 0.1) is 11.1 Å². The van der Waals surface area contributed by atoms with Crippen molar-refractivity contribution in [3.8, 4) is 6.07 Å². The Morgan fingerprint density at radius 2 is 2.00 bits per heavy atom.